The van der Waals surface area contributed by atoms with Gasteiger partial charge in [0.1, 0.15) is 0 Å². The van der Waals surface area contributed by atoms with E-state index in [0.717, 1.165) is 0 Å². The number of benzene rings is 18. The van der Waals surface area contributed by atoms with Gasteiger partial charge >= 0.3 is 0 Å². The van der Waals surface area contributed by atoms with Crippen LogP contribution in [0, 0.1) is 0 Å². The summed E-state index contributed by atoms with van der Waals surface area (Å²) < 4.78 is 0. The van der Waals surface area contributed by atoms with Crippen LogP contribution in [0.4, 0.5) is 0 Å². The summed E-state index contributed by atoms with van der Waals surface area (Å²) in [5.41, 5.74) is 32.1. The average molecular weight is 1210 g/mol. The molecule has 0 aromatic heterocycles. The Bertz CT molecular complexity index is 5850. The van der Waals surface area contributed by atoms with Crippen LogP contribution in [0.15, 0.2) is 352 Å². The molecule has 0 saturated carbocycles. The summed E-state index contributed by atoms with van der Waals surface area (Å²) in [6.07, 6.45) is 0. The first kappa shape index (κ1) is 54.1. The topological polar surface area (TPSA) is 0 Å². The van der Waals surface area contributed by atoms with Crippen molar-refractivity contribution in [1.82, 2.24) is 0 Å². The second-order valence-corrected chi connectivity index (χ2v) is 25.9. The van der Waals surface area contributed by atoms with E-state index < -0.39 is 0 Å². The van der Waals surface area contributed by atoms with Gasteiger partial charge in [0.2, 0.25) is 0 Å². The molecule has 442 valence electrons. The summed E-state index contributed by atoms with van der Waals surface area (Å²) in [6.45, 7) is 0. The van der Waals surface area contributed by atoms with Crippen molar-refractivity contribution >= 4 is 64.6 Å². The van der Waals surface area contributed by atoms with Crippen molar-refractivity contribution in [1.29, 1.82) is 0 Å². The number of hydrogen-bond acceptors (Lipinski definition) is 0. The molecule has 0 nitrogen and oxygen atoms in total. The Balaban J connectivity index is 0.887. The molecule has 0 saturated heterocycles. The molecule has 18 aromatic rings. The summed E-state index contributed by atoms with van der Waals surface area (Å²) in [7, 11) is 0. The Kier molecular flexibility index (Phi) is 12.1. The van der Waals surface area contributed by atoms with E-state index in [-0.39, 0.29) is 0 Å². The molecule has 96 heavy (non-hydrogen) atoms. The highest BCUT2D eigenvalue weighted by atomic mass is 14.4. The van der Waals surface area contributed by atoms with Gasteiger partial charge in [0.15, 0.2) is 0 Å². The predicted octanol–water partition coefficient (Wildman–Crippen LogP) is 26.9. The molecule has 0 atom stereocenters. The van der Waals surface area contributed by atoms with E-state index in [1.54, 1.807) is 0 Å². The lowest BCUT2D eigenvalue weighted by molar-refractivity contribution is 1.59. The van der Waals surface area contributed by atoms with Crippen LogP contribution in [-0.4, -0.2) is 0 Å². The summed E-state index contributed by atoms with van der Waals surface area (Å²) in [5, 5.41) is 14.9. The lowest BCUT2D eigenvalue weighted by Crippen LogP contribution is -1.96. The Morgan fingerprint density at radius 1 is 0.115 bits per heavy atom. The summed E-state index contributed by atoms with van der Waals surface area (Å²) in [6, 6.07) is 132. The van der Waals surface area contributed by atoms with Gasteiger partial charge in [0.25, 0.3) is 0 Å². The minimum atomic E-state index is 1.19. The maximum Gasteiger partial charge on any atom is -0.000719 e. The van der Waals surface area contributed by atoms with Crippen molar-refractivity contribution in [2.45, 2.75) is 0 Å². The van der Waals surface area contributed by atoms with Crippen LogP contribution in [0.3, 0.4) is 0 Å². The van der Waals surface area contributed by atoms with Gasteiger partial charge in [-0.1, -0.05) is 328 Å². The molecule has 0 spiro atoms. The molecule has 0 N–H and O–H groups in total. The zero-order valence-electron chi connectivity index (χ0n) is 52.5. The molecule has 0 heterocycles. The van der Waals surface area contributed by atoms with Gasteiger partial charge in [-0.3, -0.25) is 0 Å². The van der Waals surface area contributed by atoms with Crippen LogP contribution in [0.5, 0.6) is 0 Å². The first-order valence-electron chi connectivity index (χ1n) is 33.5. The van der Waals surface area contributed by atoms with E-state index in [0.29, 0.717) is 0 Å². The molecular weight excluding hydrogens is 1150 g/mol. The smallest absolute Gasteiger partial charge is 0.000719 e. The summed E-state index contributed by atoms with van der Waals surface area (Å²) in [4.78, 5) is 0. The van der Waals surface area contributed by atoms with Gasteiger partial charge in [-0.15, -0.1) is 0 Å². The number of rotatable bonds is 9. The maximum absolute atomic E-state index is 2.53. The average Bonchev–Trinajstić information content (AvgIpc) is 0.943. The lowest BCUT2D eigenvalue weighted by Gasteiger charge is -2.23. The fourth-order valence-corrected chi connectivity index (χ4v) is 16.9. The molecule has 18 aromatic carbocycles. The highest BCUT2D eigenvalue weighted by Gasteiger charge is 2.36. The largest absolute Gasteiger partial charge is 0.0622 e. The van der Waals surface area contributed by atoms with E-state index in [2.05, 4.69) is 352 Å². The fraction of sp³-hybridized carbons (Fsp3) is 0. The van der Waals surface area contributed by atoms with Gasteiger partial charge in [0.05, 0.1) is 0 Å². The number of hydrogen-bond donors (Lipinski definition) is 0. The normalized spacial score (nSPS) is 12.0. The molecule has 2 aliphatic rings. The van der Waals surface area contributed by atoms with E-state index in [4.69, 9.17) is 0 Å². The van der Waals surface area contributed by atoms with Crippen LogP contribution < -0.4 is 0 Å². The third kappa shape index (κ3) is 8.10. The van der Waals surface area contributed by atoms with Crippen molar-refractivity contribution in [2.24, 2.45) is 0 Å². The minimum absolute atomic E-state index is 1.19. The lowest BCUT2D eigenvalue weighted by atomic mass is 9.79. The van der Waals surface area contributed by atoms with Crippen LogP contribution in [0.1, 0.15) is 0 Å². The third-order valence-corrected chi connectivity index (χ3v) is 20.9. The molecule has 0 heteroatoms. The second kappa shape index (κ2) is 21.6. The van der Waals surface area contributed by atoms with Crippen LogP contribution in [-0.2, 0) is 0 Å². The van der Waals surface area contributed by atoms with Gasteiger partial charge in [-0.05, 0) is 234 Å². The van der Waals surface area contributed by atoms with Crippen molar-refractivity contribution in [3.05, 3.63) is 352 Å². The van der Waals surface area contributed by atoms with E-state index in [1.165, 1.54) is 209 Å². The molecule has 2 aliphatic carbocycles. The monoisotopic (exact) mass is 1210 g/mol. The minimum Gasteiger partial charge on any atom is -0.0622 e. The van der Waals surface area contributed by atoms with Crippen LogP contribution >= 0.6 is 0 Å². The molecule has 0 radical (unpaired) electrons. The maximum atomic E-state index is 2.53. The third-order valence-electron chi connectivity index (χ3n) is 20.9. The first-order chi connectivity index (χ1) is 47.7. The first-order valence-corrected chi connectivity index (χ1v) is 33.5. The number of fused-ring (bicyclic) bond motifs is 10. The molecule has 0 bridgehead atoms. The molecule has 0 amide bonds. The van der Waals surface area contributed by atoms with Gasteiger partial charge in [0, 0.05) is 0 Å². The SMILES string of the molecule is c1ccc(-c2cc3c(-c4ccccc4)c4c(c(-c5cccc6ccccc56)c3cc2-c2ccccc2)-c2cccc3c(-c5ccc6c7c(cccc57)-c5c-6c(-c6ccccc6)c6cc(-c7ccccc7)c(-c7ccccc7)cc6c5-c5cccc6ccccc56)ccc-4c23)cc1. The van der Waals surface area contributed by atoms with Crippen molar-refractivity contribution in [3.63, 3.8) is 0 Å². The van der Waals surface area contributed by atoms with E-state index >= 15 is 0 Å². The van der Waals surface area contributed by atoms with Crippen LogP contribution in [0.2, 0.25) is 0 Å². The molecule has 0 aliphatic heterocycles. The molecular formula is C96H58. The van der Waals surface area contributed by atoms with Crippen molar-refractivity contribution in [3.8, 4) is 145 Å². The highest BCUT2D eigenvalue weighted by molar-refractivity contribution is 6.34. The second-order valence-electron chi connectivity index (χ2n) is 25.9. The van der Waals surface area contributed by atoms with Crippen molar-refractivity contribution in [2.75, 3.05) is 0 Å². The molecule has 0 unspecified atom stereocenters. The molecule has 0 fully saturated rings. The van der Waals surface area contributed by atoms with E-state index in [9.17, 15) is 0 Å². The van der Waals surface area contributed by atoms with Gasteiger partial charge in [-0.2, -0.15) is 0 Å². The quantitative estimate of drug-likeness (QED) is 0.135. The standard InChI is InChI=1S/C96H58/c1-7-27-61(28-8-1)79-55-83-85(57-81(79)63-31-11-3-12-32-63)91(71-45-23-41-59-35-19-21-43-67(59)71)95-75-49-25-47-73-69(51-53-77(89(73)75)93(95)87(83)65-37-15-5-16-38-65)70-52-54-78-90-74(70)48-26-50-76(90)96-92(72-46-24-42-60-36-20-22-44-68(60)72)86-58-82(64-33-13-4-14-34-64)80(62-29-9-2-10-30-62)56-84(86)88(94(78)96)66-39-17-6-18-40-66/h1-58H. The fourth-order valence-electron chi connectivity index (χ4n) is 16.9. The zero-order chi connectivity index (χ0) is 63.0. The predicted molar refractivity (Wildman–Crippen MR) is 409 cm³/mol. The van der Waals surface area contributed by atoms with E-state index in [1.807, 2.05) is 0 Å². The molecule has 20 rings (SSSR count). The van der Waals surface area contributed by atoms with Crippen LogP contribution in [0.25, 0.3) is 209 Å². The Morgan fingerprint density at radius 3 is 0.708 bits per heavy atom. The Labute approximate surface area is 557 Å². The van der Waals surface area contributed by atoms with Crippen molar-refractivity contribution < 1.29 is 0 Å². The Morgan fingerprint density at radius 2 is 0.354 bits per heavy atom. The highest BCUT2D eigenvalue weighted by Crippen LogP contribution is 2.63. The summed E-state index contributed by atoms with van der Waals surface area (Å²) >= 11 is 0. The summed E-state index contributed by atoms with van der Waals surface area (Å²) in [5.74, 6) is 0. The van der Waals surface area contributed by atoms with Gasteiger partial charge in [-0.25, -0.2) is 0 Å². The van der Waals surface area contributed by atoms with Gasteiger partial charge < -0.3 is 0 Å². The Hall–Kier alpha value is -12.5. The zero-order valence-corrected chi connectivity index (χ0v) is 52.5.